The van der Waals surface area contributed by atoms with Crippen molar-refractivity contribution >= 4 is 29.2 Å². The fourth-order valence-corrected chi connectivity index (χ4v) is 3.98. The summed E-state index contributed by atoms with van der Waals surface area (Å²) in [7, 11) is 1.90. The van der Waals surface area contributed by atoms with Gasteiger partial charge < -0.3 is 10.2 Å². The number of pyridine rings is 1. The van der Waals surface area contributed by atoms with E-state index < -0.39 is 0 Å². The lowest BCUT2D eigenvalue weighted by Gasteiger charge is -2.30. The third-order valence-electron chi connectivity index (χ3n) is 5.37. The molecule has 6 nitrogen and oxygen atoms in total. The van der Waals surface area contributed by atoms with Gasteiger partial charge in [0, 0.05) is 44.6 Å². The highest BCUT2D eigenvalue weighted by Gasteiger charge is 2.23. The van der Waals surface area contributed by atoms with Crippen LogP contribution in [0.25, 0.3) is 0 Å². The third kappa shape index (κ3) is 4.60. The number of aromatic nitrogens is 3. The van der Waals surface area contributed by atoms with Gasteiger partial charge in [-0.2, -0.15) is 5.10 Å². The van der Waals surface area contributed by atoms with Crippen molar-refractivity contribution in [3.8, 4) is 0 Å². The molecule has 1 aliphatic rings. The topological polar surface area (TPSA) is 63.1 Å². The number of aryl methyl sites for hydroxylation is 1. The molecule has 1 N–H and O–H groups in total. The third-order valence-corrected chi connectivity index (χ3v) is 6.11. The van der Waals surface area contributed by atoms with Gasteiger partial charge in [0.15, 0.2) is 0 Å². The predicted molar refractivity (Wildman–Crippen MR) is 118 cm³/mol. The number of hydrogen-bond acceptors (Lipinski definition) is 3. The first kappa shape index (κ1) is 20.7. The van der Waals surface area contributed by atoms with Gasteiger partial charge >= 0.3 is 6.03 Å². The summed E-state index contributed by atoms with van der Waals surface area (Å²) >= 11 is 12.1. The minimum Gasteiger partial charge on any atom is -0.331 e. The number of carbonyl (C=O) groups is 1. The van der Waals surface area contributed by atoms with Gasteiger partial charge in [-0.25, -0.2) is 4.79 Å². The zero-order chi connectivity index (χ0) is 21.3. The molecule has 0 saturated carbocycles. The largest absolute Gasteiger partial charge is 0.331 e. The summed E-state index contributed by atoms with van der Waals surface area (Å²) in [5.74, 6) is 0. The van der Waals surface area contributed by atoms with Gasteiger partial charge in [0.1, 0.15) is 0 Å². The summed E-state index contributed by atoms with van der Waals surface area (Å²) < 4.78 is 1.79. The number of fused-ring (bicyclic) bond motifs is 1. The number of carbonyl (C=O) groups excluding carboxylic acids is 1. The molecule has 0 bridgehead atoms. The number of benzene rings is 1. The summed E-state index contributed by atoms with van der Waals surface area (Å²) in [6.45, 7) is 3.17. The van der Waals surface area contributed by atoms with E-state index in [0.29, 0.717) is 23.1 Å². The Hall–Kier alpha value is -2.57. The lowest BCUT2D eigenvalue weighted by Crippen LogP contribution is -2.43. The number of rotatable bonds is 4. The second-order valence-electron chi connectivity index (χ2n) is 7.66. The van der Waals surface area contributed by atoms with E-state index >= 15 is 0 Å². The molecule has 30 heavy (non-hydrogen) atoms. The van der Waals surface area contributed by atoms with Crippen LogP contribution in [-0.2, 0) is 26.4 Å². The Bertz CT molecular complexity index is 1080. The van der Waals surface area contributed by atoms with Crippen molar-refractivity contribution in [2.45, 2.75) is 32.4 Å². The van der Waals surface area contributed by atoms with Crippen molar-refractivity contribution in [1.29, 1.82) is 0 Å². The zero-order valence-corrected chi connectivity index (χ0v) is 18.4. The molecule has 3 aromatic rings. The number of halogens is 2. The van der Waals surface area contributed by atoms with Gasteiger partial charge in [0.25, 0.3) is 0 Å². The van der Waals surface area contributed by atoms with Crippen molar-refractivity contribution in [2.24, 2.45) is 7.05 Å². The van der Waals surface area contributed by atoms with E-state index in [1.165, 1.54) is 5.56 Å². The first-order chi connectivity index (χ1) is 14.4. The SMILES string of the molecule is C[C@@H](NC(=O)N1CCc2cnc(Cc3cnn(C)c3)cc2C1)c1ccc(Cl)c(Cl)c1. The minimum absolute atomic E-state index is 0.0927. The quantitative estimate of drug-likeness (QED) is 0.643. The van der Waals surface area contributed by atoms with Crippen LogP contribution >= 0.6 is 23.2 Å². The van der Waals surface area contributed by atoms with Crippen LogP contribution in [0.1, 0.15) is 40.9 Å². The fraction of sp³-hybridized carbons (Fsp3) is 0.318. The summed E-state index contributed by atoms with van der Waals surface area (Å²) in [6, 6.07) is 7.25. The van der Waals surface area contributed by atoms with Crippen LogP contribution < -0.4 is 5.32 Å². The van der Waals surface area contributed by atoms with Gasteiger partial charge in [-0.3, -0.25) is 9.67 Å². The Labute approximate surface area is 185 Å². The van der Waals surface area contributed by atoms with E-state index in [1.54, 1.807) is 16.8 Å². The number of nitrogens with zero attached hydrogens (tertiary/aromatic N) is 4. The molecule has 0 spiro atoms. The van der Waals surface area contributed by atoms with Crippen LogP contribution in [0.3, 0.4) is 0 Å². The van der Waals surface area contributed by atoms with Crippen LogP contribution in [-0.4, -0.2) is 32.2 Å². The zero-order valence-electron chi connectivity index (χ0n) is 16.9. The number of amides is 2. The predicted octanol–water partition coefficient (Wildman–Crippen LogP) is 4.54. The van der Waals surface area contributed by atoms with E-state index in [4.69, 9.17) is 23.2 Å². The molecule has 3 heterocycles. The van der Waals surface area contributed by atoms with E-state index in [-0.39, 0.29) is 12.1 Å². The Balaban J connectivity index is 1.42. The molecule has 1 aromatic carbocycles. The molecular formula is C22H23Cl2N5O. The van der Waals surface area contributed by atoms with Crippen LogP contribution in [0.15, 0.2) is 42.9 Å². The van der Waals surface area contributed by atoms with Gasteiger partial charge in [-0.15, -0.1) is 0 Å². The number of nitrogens with one attached hydrogen (secondary N) is 1. The smallest absolute Gasteiger partial charge is 0.318 e. The Morgan fingerprint density at radius 3 is 2.77 bits per heavy atom. The van der Waals surface area contributed by atoms with E-state index in [2.05, 4.69) is 21.5 Å². The summed E-state index contributed by atoms with van der Waals surface area (Å²) in [6.07, 6.45) is 7.30. The first-order valence-electron chi connectivity index (χ1n) is 9.83. The molecular weight excluding hydrogens is 421 g/mol. The molecule has 1 aliphatic heterocycles. The maximum absolute atomic E-state index is 12.9. The maximum Gasteiger partial charge on any atom is 0.318 e. The van der Waals surface area contributed by atoms with Crippen molar-refractivity contribution in [1.82, 2.24) is 25.0 Å². The molecule has 4 rings (SSSR count). The van der Waals surface area contributed by atoms with Crippen molar-refractivity contribution in [3.05, 3.63) is 80.8 Å². The summed E-state index contributed by atoms with van der Waals surface area (Å²) in [5, 5.41) is 8.25. The minimum atomic E-state index is -0.174. The van der Waals surface area contributed by atoms with E-state index in [1.807, 2.05) is 43.5 Å². The van der Waals surface area contributed by atoms with E-state index in [9.17, 15) is 4.79 Å². The standard InChI is InChI=1S/C22H23Cl2N5O/c1-14(16-3-4-20(23)21(24)9-16)27-22(30)29-6-5-17-11-25-19(8-18(17)13-29)7-15-10-26-28(2)12-15/h3-4,8-12,14H,5-7,13H2,1-2H3,(H,27,30)/t14-/m1/s1. The molecule has 0 radical (unpaired) electrons. The average molecular weight is 444 g/mol. The van der Waals surface area contributed by atoms with Crippen LogP contribution in [0.4, 0.5) is 4.79 Å². The van der Waals surface area contributed by atoms with Crippen molar-refractivity contribution < 1.29 is 4.79 Å². The van der Waals surface area contributed by atoms with Gasteiger partial charge in [-0.1, -0.05) is 29.3 Å². The fourth-order valence-electron chi connectivity index (χ4n) is 3.67. The maximum atomic E-state index is 12.9. The summed E-state index contributed by atoms with van der Waals surface area (Å²) in [5.41, 5.74) is 5.36. The average Bonchev–Trinajstić information content (AvgIpc) is 3.13. The highest BCUT2D eigenvalue weighted by atomic mass is 35.5. The Morgan fingerprint density at radius 1 is 1.20 bits per heavy atom. The molecule has 2 amide bonds. The number of urea groups is 1. The molecule has 0 fully saturated rings. The van der Waals surface area contributed by atoms with Crippen LogP contribution in [0.2, 0.25) is 10.0 Å². The Kier molecular flexibility index (Phi) is 5.97. The lowest BCUT2D eigenvalue weighted by molar-refractivity contribution is 0.189. The first-order valence-corrected chi connectivity index (χ1v) is 10.6. The second-order valence-corrected chi connectivity index (χ2v) is 8.47. The molecule has 0 saturated heterocycles. The monoisotopic (exact) mass is 443 g/mol. The lowest BCUT2D eigenvalue weighted by atomic mass is 10.00. The molecule has 2 aromatic heterocycles. The van der Waals surface area contributed by atoms with Crippen LogP contribution in [0.5, 0.6) is 0 Å². The van der Waals surface area contributed by atoms with Gasteiger partial charge in [-0.05, 0) is 53.8 Å². The molecule has 1 atom stereocenters. The molecule has 0 unspecified atom stereocenters. The number of hydrogen-bond donors (Lipinski definition) is 1. The van der Waals surface area contributed by atoms with Gasteiger partial charge in [0.05, 0.1) is 22.3 Å². The highest BCUT2D eigenvalue weighted by Crippen LogP contribution is 2.26. The second kappa shape index (κ2) is 8.66. The van der Waals surface area contributed by atoms with Crippen molar-refractivity contribution in [2.75, 3.05) is 6.54 Å². The van der Waals surface area contributed by atoms with Crippen LogP contribution in [0, 0.1) is 0 Å². The molecule has 0 aliphatic carbocycles. The normalized spacial score (nSPS) is 14.3. The summed E-state index contributed by atoms with van der Waals surface area (Å²) in [4.78, 5) is 19.3. The molecule has 8 heteroatoms. The molecule has 156 valence electrons. The highest BCUT2D eigenvalue weighted by molar-refractivity contribution is 6.42. The Morgan fingerprint density at radius 2 is 2.03 bits per heavy atom. The van der Waals surface area contributed by atoms with Crippen molar-refractivity contribution in [3.63, 3.8) is 0 Å². The van der Waals surface area contributed by atoms with Gasteiger partial charge in [0.2, 0.25) is 0 Å². The van der Waals surface area contributed by atoms with E-state index in [0.717, 1.165) is 35.2 Å².